The van der Waals surface area contributed by atoms with Crippen LogP contribution >= 0.6 is 0 Å². The van der Waals surface area contributed by atoms with Crippen molar-refractivity contribution in [3.8, 4) is 0 Å². The molecule has 9 nitrogen and oxygen atoms in total. The number of hydrogen-bond donors (Lipinski definition) is 3. The van der Waals surface area contributed by atoms with E-state index < -0.39 is 16.9 Å². The Morgan fingerprint density at radius 3 is 2.50 bits per heavy atom. The first kappa shape index (κ1) is 17.1. The third-order valence-electron chi connectivity index (χ3n) is 3.87. The number of nitrogens with one attached hydrogen (secondary N) is 3. The molecule has 132 valence electrons. The lowest BCUT2D eigenvalue weighted by Crippen LogP contribution is -2.34. The number of nitro benzene ring substituents is 1. The summed E-state index contributed by atoms with van der Waals surface area (Å²) in [5.74, 6) is -0.775. The first-order valence-electron chi connectivity index (χ1n) is 7.72. The van der Waals surface area contributed by atoms with Gasteiger partial charge in [0.15, 0.2) is 0 Å². The van der Waals surface area contributed by atoms with Gasteiger partial charge in [0.1, 0.15) is 0 Å². The standard InChI is InChI=1S/C17H14N4O5/c22-15-9-8-12-13(18-15)2-1-3-14(12)19-17(24)20-16(23)10-4-6-11(7-5-10)21(25)26/h1-7H,8-9H2,(H,18,22)(H2,19,20,23,24). The third-order valence-corrected chi connectivity index (χ3v) is 3.87. The number of nitrogens with zero attached hydrogens (tertiary/aromatic N) is 1. The molecule has 0 spiro atoms. The molecule has 0 bridgehead atoms. The van der Waals surface area contributed by atoms with Gasteiger partial charge in [-0.3, -0.25) is 25.0 Å². The highest BCUT2D eigenvalue weighted by Crippen LogP contribution is 2.29. The highest BCUT2D eigenvalue weighted by atomic mass is 16.6. The molecule has 0 aliphatic carbocycles. The van der Waals surface area contributed by atoms with Gasteiger partial charge in [0, 0.05) is 35.5 Å². The Kier molecular flexibility index (Phi) is 4.61. The van der Waals surface area contributed by atoms with Crippen LogP contribution in [0, 0.1) is 10.1 Å². The molecule has 3 N–H and O–H groups in total. The SMILES string of the molecule is O=C1CCc2c(cccc2NC(=O)NC(=O)c2ccc([N+](=O)[O-])cc2)N1. The first-order chi connectivity index (χ1) is 12.4. The maximum Gasteiger partial charge on any atom is 0.326 e. The fourth-order valence-electron chi connectivity index (χ4n) is 2.60. The summed E-state index contributed by atoms with van der Waals surface area (Å²) in [6.45, 7) is 0. The Labute approximate surface area is 147 Å². The lowest BCUT2D eigenvalue weighted by molar-refractivity contribution is -0.384. The van der Waals surface area contributed by atoms with Crippen LogP contribution in [0.15, 0.2) is 42.5 Å². The summed E-state index contributed by atoms with van der Waals surface area (Å²) in [5, 5.41) is 18.1. The zero-order valence-electron chi connectivity index (χ0n) is 13.4. The van der Waals surface area contributed by atoms with E-state index in [2.05, 4.69) is 16.0 Å². The molecule has 0 fully saturated rings. The van der Waals surface area contributed by atoms with Crippen molar-refractivity contribution >= 4 is 34.9 Å². The number of urea groups is 1. The second-order valence-electron chi connectivity index (χ2n) is 5.59. The van der Waals surface area contributed by atoms with E-state index in [1.54, 1.807) is 18.2 Å². The molecule has 0 saturated carbocycles. The van der Waals surface area contributed by atoms with E-state index >= 15 is 0 Å². The second-order valence-corrected chi connectivity index (χ2v) is 5.59. The maximum absolute atomic E-state index is 12.1. The van der Waals surface area contributed by atoms with Crippen molar-refractivity contribution in [2.45, 2.75) is 12.8 Å². The minimum Gasteiger partial charge on any atom is -0.326 e. The van der Waals surface area contributed by atoms with Gasteiger partial charge in [-0.25, -0.2) is 4.79 Å². The zero-order valence-corrected chi connectivity index (χ0v) is 13.4. The van der Waals surface area contributed by atoms with Gasteiger partial charge in [0.25, 0.3) is 11.6 Å². The summed E-state index contributed by atoms with van der Waals surface area (Å²) in [5.41, 5.74) is 1.87. The summed E-state index contributed by atoms with van der Waals surface area (Å²) < 4.78 is 0. The molecule has 3 rings (SSSR count). The first-order valence-corrected chi connectivity index (χ1v) is 7.72. The van der Waals surface area contributed by atoms with E-state index in [1.807, 2.05) is 0 Å². The Morgan fingerprint density at radius 1 is 1.08 bits per heavy atom. The lowest BCUT2D eigenvalue weighted by Gasteiger charge is -2.20. The molecule has 9 heteroatoms. The van der Waals surface area contributed by atoms with Gasteiger partial charge in [-0.05, 0) is 36.2 Å². The van der Waals surface area contributed by atoms with Crippen molar-refractivity contribution in [1.29, 1.82) is 0 Å². The van der Waals surface area contributed by atoms with Gasteiger partial charge in [-0.15, -0.1) is 0 Å². The van der Waals surface area contributed by atoms with Crippen LogP contribution in [0.2, 0.25) is 0 Å². The smallest absolute Gasteiger partial charge is 0.326 e. The predicted molar refractivity (Wildman–Crippen MR) is 93.0 cm³/mol. The van der Waals surface area contributed by atoms with Crippen molar-refractivity contribution in [3.63, 3.8) is 0 Å². The van der Waals surface area contributed by atoms with E-state index in [0.29, 0.717) is 24.2 Å². The highest BCUT2D eigenvalue weighted by Gasteiger charge is 2.19. The van der Waals surface area contributed by atoms with Crippen molar-refractivity contribution in [3.05, 3.63) is 63.7 Å². The number of benzene rings is 2. The van der Waals surface area contributed by atoms with E-state index in [4.69, 9.17) is 0 Å². The zero-order chi connectivity index (χ0) is 18.7. The molecule has 0 saturated heterocycles. The summed E-state index contributed by atoms with van der Waals surface area (Å²) >= 11 is 0. The molecule has 4 amide bonds. The number of hydrogen-bond acceptors (Lipinski definition) is 5. The number of non-ortho nitro benzene ring substituents is 1. The normalized spacial score (nSPS) is 12.5. The molecule has 26 heavy (non-hydrogen) atoms. The van der Waals surface area contributed by atoms with E-state index in [1.165, 1.54) is 24.3 Å². The van der Waals surface area contributed by atoms with Crippen LogP contribution in [0.4, 0.5) is 21.9 Å². The Hall–Kier alpha value is -3.75. The highest BCUT2D eigenvalue weighted by molar-refractivity contribution is 6.08. The Morgan fingerprint density at radius 2 is 1.81 bits per heavy atom. The number of anilines is 2. The molecule has 2 aromatic carbocycles. The van der Waals surface area contributed by atoms with E-state index in [-0.39, 0.29) is 17.2 Å². The van der Waals surface area contributed by atoms with Gasteiger partial charge in [0.2, 0.25) is 5.91 Å². The number of carbonyl (C=O) groups is 3. The van der Waals surface area contributed by atoms with Crippen LogP contribution in [0.1, 0.15) is 22.3 Å². The minimum atomic E-state index is -0.737. The minimum absolute atomic E-state index is 0.0903. The number of nitro groups is 1. The van der Waals surface area contributed by atoms with E-state index in [9.17, 15) is 24.5 Å². The second kappa shape index (κ2) is 7.01. The van der Waals surface area contributed by atoms with Gasteiger partial charge < -0.3 is 10.6 Å². The summed E-state index contributed by atoms with van der Waals surface area (Å²) in [6.07, 6.45) is 0.795. The van der Waals surface area contributed by atoms with Crippen molar-refractivity contribution in [2.75, 3.05) is 10.6 Å². The van der Waals surface area contributed by atoms with Crippen molar-refractivity contribution in [1.82, 2.24) is 5.32 Å². The largest absolute Gasteiger partial charge is 0.326 e. The monoisotopic (exact) mass is 354 g/mol. The van der Waals surface area contributed by atoms with Crippen LogP contribution in [0.5, 0.6) is 0 Å². The average molecular weight is 354 g/mol. The summed E-state index contributed by atoms with van der Waals surface area (Å²) in [7, 11) is 0. The number of rotatable bonds is 3. The molecular formula is C17H14N4O5. The Balaban J connectivity index is 1.67. The lowest BCUT2D eigenvalue weighted by atomic mass is 10.0. The molecule has 0 radical (unpaired) electrons. The molecule has 0 aromatic heterocycles. The number of imide groups is 1. The van der Waals surface area contributed by atoms with Crippen LogP contribution < -0.4 is 16.0 Å². The molecular weight excluding hydrogens is 340 g/mol. The van der Waals surface area contributed by atoms with Gasteiger partial charge in [-0.1, -0.05) is 6.07 Å². The van der Waals surface area contributed by atoms with Crippen LogP contribution in [0.3, 0.4) is 0 Å². The van der Waals surface area contributed by atoms with Crippen LogP contribution in [-0.2, 0) is 11.2 Å². The number of fused-ring (bicyclic) bond motifs is 1. The molecule has 1 aliphatic heterocycles. The molecule has 1 aliphatic rings. The van der Waals surface area contributed by atoms with Crippen LogP contribution in [-0.4, -0.2) is 22.8 Å². The van der Waals surface area contributed by atoms with Crippen molar-refractivity contribution in [2.24, 2.45) is 0 Å². The summed E-state index contributed by atoms with van der Waals surface area (Å²) in [4.78, 5) is 45.6. The topological polar surface area (TPSA) is 130 Å². The fraction of sp³-hybridized carbons (Fsp3) is 0.118. The fourth-order valence-corrected chi connectivity index (χ4v) is 2.60. The Bertz CT molecular complexity index is 908. The molecule has 0 atom stereocenters. The molecule has 0 unspecified atom stereocenters. The van der Waals surface area contributed by atoms with Gasteiger partial charge in [-0.2, -0.15) is 0 Å². The quantitative estimate of drug-likeness (QED) is 0.575. The third kappa shape index (κ3) is 3.66. The number of amides is 4. The predicted octanol–water partition coefficient (Wildman–Crippen LogP) is 2.44. The van der Waals surface area contributed by atoms with Gasteiger partial charge in [0.05, 0.1) is 4.92 Å². The molecule has 2 aromatic rings. The van der Waals surface area contributed by atoms with E-state index in [0.717, 1.165) is 5.56 Å². The van der Waals surface area contributed by atoms with Gasteiger partial charge >= 0.3 is 6.03 Å². The average Bonchev–Trinajstić information content (AvgIpc) is 2.61. The van der Waals surface area contributed by atoms with Crippen LogP contribution in [0.25, 0.3) is 0 Å². The molecule has 1 heterocycles. The maximum atomic E-state index is 12.1. The number of carbonyl (C=O) groups excluding carboxylic acids is 3. The summed E-state index contributed by atoms with van der Waals surface area (Å²) in [6, 6.07) is 9.24. The van der Waals surface area contributed by atoms with Crippen molar-refractivity contribution < 1.29 is 19.3 Å².